The number of carboxylic acid groups (broad SMARTS) is 1. The Balaban J connectivity index is 0.000000244. The molecule has 44 heavy (non-hydrogen) atoms. The molecule has 4 aromatic carbocycles. The minimum Gasteiger partial charge on any atom is -0.482 e. The molecule has 0 aromatic heterocycles. The topological polar surface area (TPSA) is 153 Å². The third-order valence-corrected chi connectivity index (χ3v) is 5.27. The normalized spacial score (nSPS) is 12.6. The van der Waals surface area contributed by atoms with Gasteiger partial charge in [0.1, 0.15) is 12.5 Å². The van der Waals surface area contributed by atoms with Gasteiger partial charge in [0.15, 0.2) is 18.7 Å². The second-order valence-electron chi connectivity index (χ2n) is 8.36. The maximum Gasteiger partial charge on any atom is 0.341 e. The maximum atomic E-state index is 11.9. The second-order valence-corrected chi connectivity index (χ2v) is 8.36. The summed E-state index contributed by atoms with van der Waals surface area (Å²) in [5.74, 6) is -1.15. The SMILES string of the molecule is O=C(O)c1ccccc1.O=C(OC1COC(c2ccccc2)=CO1)c1ccccc1.O=CC(=O)c1ccccc1.O=CCO. The number of rotatable bonds is 7. The summed E-state index contributed by atoms with van der Waals surface area (Å²) >= 11 is 0. The van der Waals surface area contributed by atoms with Crippen LogP contribution in [0, 0.1) is 0 Å². The van der Waals surface area contributed by atoms with Crippen molar-refractivity contribution < 1.29 is 48.4 Å². The molecule has 0 saturated heterocycles. The Hall–Kier alpha value is -5.87. The fourth-order valence-electron chi connectivity index (χ4n) is 3.20. The van der Waals surface area contributed by atoms with Gasteiger partial charge in [0, 0.05) is 11.1 Å². The fourth-order valence-corrected chi connectivity index (χ4v) is 3.20. The summed E-state index contributed by atoms with van der Waals surface area (Å²) in [7, 11) is 0. The summed E-state index contributed by atoms with van der Waals surface area (Å²) in [6, 6.07) is 35.1. The van der Waals surface area contributed by atoms with Crippen LogP contribution in [0.4, 0.5) is 0 Å². The van der Waals surface area contributed by atoms with E-state index in [0.717, 1.165) is 5.56 Å². The molecule has 10 heteroatoms. The molecule has 1 unspecified atom stereocenters. The van der Waals surface area contributed by atoms with E-state index in [-0.39, 0.29) is 13.2 Å². The number of carbonyl (C=O) groups is 5. The fraction of sp³-hybridized carbons (Fsp3) is 0.0882. The summed E-state index contributed by atoms with van der Waals surface area (Å²) in [6.45, 7) is -0.195. The van der Waals surface area contributed by atoms with Crippen molar-refractivity contribution in [1.82, 2.24) is 0 Å². The van der Waals surface area contributed by atoms with Crippen LogP contribution in [0.2, 0.25) is 0 Å². The molecular formula is C34H30O10. The van der Waals surface area contributed by atoms with Crippen LogP contribution in [0.5, 0.6) is 0 Å². The largest absolute Gasteiger partial charge is 0.482 e. The first kappa shape index (κ1) is 34.3. The molecule has 0 aliphatic carbocycles. The molecule has 0 radical (unpaired) electrons. The van der Waals surface area contributed by atoms with Gasteiger partial charge in [-0.2, -0.15) is 0 Å². The predicted octanol–water partition coefficient (Wildman–Crippen LogP) is 4.85. The zero-order valence-corrected chi connectivity index (χ0v) is 23.4. The average Bonchev–Trinajstić information content (AvgIpc) is 3.10. The van der Waals surface area contributed by atoms with Crippen molar-refractivity contribution in [3.8, 4) is 0 Å². The Morgan fingerprint density at radius 3 is 1.57 bits per heavy atom. The van der Waals surface area contributed by atoms with E-state index < -0.39 is 24.0 Å². The van der Waals surface area contributed by atoms with E-state index >= 15 is 0 Å². The molecule has 1 aliphatic rings. The summed E-state index contributed by atoms with van der Waals surface area (Å²) in [5, 5.41) is 15.9. The van der Waals surface area contributed by atoms with Crippen LogP contribution < -0.4 is 0 Å². The molecule has 10 nitrogen and oxygen atoms in total. The van der Waals surface area contributed by atoms with Gasteiger partial charge in [-0.05, 0) is 24.3 Å². The van der Waals surface area contributed by atoms with Gasteiger partial charge in [-0.1, -0.05) is 97.1 Å². The van der Waals surface area contributed by atoms with E-state index in [1.165, 1.54) is 6.26 Å². The van der Waals surface area contributed by atoms with Crippen molar-refractivity contribution in [2.24, 2.45) is 0 Å². The van der Waals surface area contributed by atoms with E-state index in [4.69, 9.17) is 29.2 Å². The highest BCUT2D eigenvalue weighted by Gasteiger charge is 2.22. The number of aromatic carboxylic acids is 1. The lowest BCUT2D eigenvalue weighted by atomic mass is 10.1. The van der Waals surface area contributed by atoms with Crippen LogP contribution in [-0.2, 0) is 23.8 Å². The first-order valence-electron chi connectivity index (χ1n) is 13.1. The van der Waals surface area contributed by atoms with Crippen LogP contribution in [0.3, 0.4) is 0 Å². The van der Waals surface area contributed by atoms with Crippen LogP contribution in [0.25, 0.3) is 5.76 Å². The van der Waals surface area contributed by atoms with Gasteiger partial charge in [-0.15, -0.1) is 0 Å². The standard InChI is InChI=1S/C17H14O4.C8H6O2.C7H6O2.C2H4O2/c18-17(14-9-5-2-6-10-14)21-16-12-19-15(11-20-16)13-7-3-1-4-8-13;9-6-8(10)7-4-2-1-3-5-7;8-7(9)6-4-2-1-3-5-6;3-1-2-4/h1-11,16H,12H2;1-6H;1-5H,(H,8,9);1,4H,2H2. The van der Waals surface area contributed by atoms with E-state index in [9.17, 15) is 19.2 Å². The summed E-state index contributed by atoms with van der Waals surface area (Å²) < 4.78 is 16.2. The number of aliphatic hydroxyl groups is 1. The number of carboxylic acids is 1. The Bertz CT molecular complexity index is 1470. The van der Waals surface area contributed by atoms with Crippen molar-refractivity contribution in [2.45, 2.75) is 6.29 Å². The molecule has 0 saturated carbocycles. The average molecular weight is 599 g/mol. The Kier molecular flexibility index (Phi) is 15.7. The van der Waals surface area contributed by atoms with Gasteiger partial charge in [0.25, 0.3) is 6.29 Å². The molecule has 226 valence electrons. The minimum absolute atomic E-state index is 0.166. The van der Waals surface area contributed by atoms with Crippen molar-refractivity contribution in [3.63, 3.8) is 0 Å². The molecule has 4 aromatic rings. The quantitative estimate of drug-likeness (QED) is 0.131. The Morgan fingerprint density at radius 1 is 0.727 bits per heavy atom. The van der Waals surface area contributed by atoms with E-state index in [2.05, 4.69) is 0 Å². The Morgan fingerprint density at radius 2 is 1.18 bits per heavy atom. The number of ether oxygens (including phenoxy) is 3. The summed E-state index contributed by atoms with van der Waals surface area (Å²) in [4.78, 5) is 51.6. The molecule has 0 bridgehead atoms. The third-order valence-electron chi connectivity index (χ3n) is 5.27. The molecular weight excluding hydrogens is 568 g/mol. The van der Waals surface area contributed by atoms with Gasteiger partial charge in [-0.25, -0.2) is 9.59 Å². The first-order valence-corrected chi connectivity index (χ1v) is 13.1. The predicted molar refractivity (Wildman–Crippen MR) is 160 cm³/mol. The van der Waals surface area contributed by atoms with Gasteiger partial charge < -0.3 is 29.2 Å². The van der Waals surface area contributed by atoms with Crippen LogP contribution >= 0.6 is 0 Å². The maximum absolute atomic E-state index is 11.9. The van der Waals surface area contributed by atoms with E-state index in [1.54, 1.807) is 84.9 Å². The van der Waals surface area contributed by atoms with E-state index in [1.807, 2.05) is 36.4 Å². The lowest BCUT2D eigenvalue weighted by Crippen LogP contribution is -2.27. The lowest BCUT2D eigenvalue weighted by molar-refractivity contribution is -0.110. The van der Waals surface area contributed by atoms with Crippen LogP contribution in [0.15, 0.2) is 128 Å². The number of benzene rings is 4. The molecule has 0 spiro atoms. The number of Topliss-reactive ketones (excluding diaryl/α,β-unsaturated/α-hetero) is 1. The highest BCUT2D eigenvalue weighted by Crippen LogP contribution is 2.21. The van der Waals surface area contributed by atoms with Crippen LogP contribution in [-0.4, -0.2) is 60.0 Å². The third kappa shape index (κ3) is 12.8. The molecule has 2 N–H and O–H groups in total. The van der Waals surface area contributed by atoms with Gasteiger partial charge in [-0.3, -0.25) is 9.59 Å². The number of hydrogen-bond donors (Lipinski definition) is 2. The minimum atomic E-state index is -0.879. The zero-order chi connectivity index (χ0) is 32.0. The second kappa shape index (κ2) is 20.1. The van der Waals surface area contributed by atoms with Gasteiger partial charge in [0.05, 0.1) is 17.7 Å². The van der Waals surface area contributed by atoms with Gasteiger partial charge in [0.2, 0.25) is 5.78 Å². The molecule has 1 aliphatic heterocycles. The van der Waals surface area contributed by atoms with Crippen molar-refractivity contribution in [3.05, 3.63) is 150 Å². The highest BCUT2D eigenvalue weighted by molar-refractivity contribution is 6.33. The van der Waals surface area contributed by atoms with Crippen LogP contribution in [0.1, 0.15) is 36.6 Å². The number of hydrogen-bond acceptors (Lipinski definition) is 9. The van der Waals surface area contributed by atoms with Crippen molar-refractivity contribution in [2.75, 3.05) is 13.2 Å². The molecule has 0 fully saturated rings. The molecule has 1 heterocycles. The van der Waals surface area contributed by atoms with Gasteiger partial charge >= 0.3 is 11.9 Å². The number of carbonyl (C=O) groups excluding carboxylic acids is 4. The molecule has 1 atom stereocenters. The first-order chi connectivity index (χ1) is 21.4. The highest BCUT2D eigenvalue weighted by atomic mass is 16.7. The molecule has 5 rings (SSSR count). The lowest BCUT2D eigenvalue weighted by Gasteiger charge is -2.23. The zero-order valence-electron chi connectivity index (χ0n) is 23.4. The number of aliphatic hydroxyl groups excluding tert-OH is 1. The number of ketones is 1. The summed E-state index contributed by atoms with van der Waals surface area (Å²) in [5.41, 5.74) is 2.18. The summed E-state index contributed by atoms with van der Waals surface area (Å²) in [6.07, 6.45) is 1.49. The van der Waals surface area contributed by atoms with Crippen molar-refractivity contribution >= 4 is 36.1 Å². The Labute approximate surface area is 253 Å². The molecule has 0 amide bonds. The van der Waals surface area contributed by atoms with Crippen molar-refractivity contribution in [1.29, 1.82) is 0 Å². The number of aldehydes is 2. The van der Waals surface area contributed by atoms with E-state index in [0.29, 0.717) is 35.0 Å². The smallest absolute Gasteiger partial charge is 0.341 e. The monoisotopic (exact) mass is 598 g/mol. The number of esters is 1.